The molecule has 0 bridgehead atoms. The van der Waals surface area contributed by atoms with Gasteiger partial charge in [-0.3, -0.25) is 4.79 Å². The van der Waals surface area contributed by atoms with Gasteiger partial charge >= 0.3 is 0 Å². The van der Waals surface area contributed by atoms with Crippen LogP contribution in [0.2, 0.25) is 0 Å². The Kier molecular flexibility index (Phi) is 4.93. The number of rotatable bonds is 6. The first-order valence-corrected chi connectivity index (χ1v) is 7.55. The normalized spacial score (nSPS) is 12.4. The molecule has 1 atom stereocenters. The van der Waals surface area contributed by atoms with Crippen molar-refractivity contribution in [2.45, 2.75) is 6.10 Å². The predicted octanol–water partition coefficient (Wildman–Crippen LogP) is 3.40. The molecule has 1 amide bonds. The third kappa shape index (κ3) is 4.02. The van der Waals surface area contributed by atoms with Crippen molar-refractivity contribution in [1.82, 2.24) is 5.32 Å². The fourth-order valence-electron chi connectivity index (χ4n) is 2.18. The number of nitrogens with one attached hydrogen (secondary N) is 1. The molecule has 1 aromatic carbocycles. The highest BCUT2D eigenvalue weighted by atomic mass is 16.4. The summed E-state index contributed by atoms with van der Waals surface area (Å²) < 4.78 is 10.8. The summed E-state index contributed by atoms with van der Waals surface area (Å²) in [5.41, 5.74) is 0.933. The zero-order chi connectivity index (χ0) is 16.8. The fourth-order valence-corrected chi connectivity index (χ4v) is 2.18. The van der Waals surface area contributed by atoms with Crippen LogP contribution in [-0.4, -0.2) is 17.6 Å². The molecule has 5 heteroatoms. The maximum atomic E-state index is 11.8. The lowest BCUT2D eigenvalue weighted by molar-refractivity contribution is -0.116. The molecule has 0 saturated carbocycles. The van der Waals surface area contributed by atoms with Crippen LogP contribution in [0.1, 0.15) is 17.4 Å². The minimum atomic E-state index is -0.928. The Labute approximate surface area is 139 Å². The van der Waals surface area contributed by atoms with E-state index >= 15 is 0 Å². The number of hydrogen-bond acceptors (Lipinski definition) is 4. The largest absolute Gasteiger partial charge is 0.461 e. The van der Waals surface area contributed by atoms with Gasteiger partial charge in [0.1, 0.15) is 11.9 Å². The van der Waals surface area contributed by atoms with Gasteiger partial charge in [0.05, 0.1) is 12.8 Å². The van der Waals surface area contributed by atoms with E-state index in [1.165, 1.54) is 6.08 Å². The van der Waals surface area contributed by atoms with E-state index in [4.69, 9.17) is 8.83 Å². The number of benzene rings is 1. The number of amides is 1. The highest BCUT2D eigenvalue weighted by molar-refractivity contribution is 5.91. The standard InChI is InChI=1S/C19H17NO4/c21-15(16-9-10-18(24-16)17-7-4-12-23-17)13-20-19(22)11-8-14-5-2-1-3-6-14/h1-12,15,21H,13H2,(H,20,22). The molecule has 2 N–H and O–H groups in total. The lowest BCUT2D eigenvalue weighted by Gasteiger charge is -2.08. The summed E-state index contributed by atoms with van der Waals surface area (Å²) in [6, 6.07) is 16.4. The summed E-state index contributed by atoms with van der Waals surface area (Å²) in [6.45, 7) is 0.0586. The molecule has 0 aliphatic carbocycles. The van der Waals surface area contributed by atoms with Gasteiger partial charge in [0, 0.05) is 6.08 Å². The topological polar surface area (TPSA) is 75.6 Å². The average Bonchev–Trinajstić information content (AvgIpc) is 3.29. The van der Waals surface area contributed by atoms with Crippen molar-refractivity contribution in [2.24, 2.45) is 0 Å². The molecular formula is C19H17NO4. The summed E-state index contributed by atoms with van der Waals surface area (Å²) in [6.07, 6.45) is 3.76. The Balaban J connectivity index is 1.53. The van der Waals surface area contributed by atoms with E-state index in [1.54, 1.807) is 36.6 Å². The van der Waals surface area contributed by atoms with E-state index in [1.807, 2.05) is 30.3 Å². The minimum Gasteiger partial charge on any atom is -0.461 e. The predicted molar refractivity (Wildman–Crippen MR) is 89.9 cm³/mol. The van der Waals surface area contributed by atoms with Crippen molar-refractivity contribution in [1.29, 1.82) is 0 Å². The zero-order valence-electron chi connectivity index (χ0n) is 12.9. The van der Waals surface area contributed by atoms with Gasteiger partial charge < -0.3 is 19.3 Å². The molecule has 0 aliphatic heterocycles. The first-order valence-electron chi connectivity index (χ1n) is 7.55. The molecule has 1 unspecified atom stereocenters. The molecule has 0 spiro atoms. The second-order valence-electron chi connectivity index (χ2n) is 5.18. The third-order valence-corrected chi connectivity index (χ3v) is 3.42. The van der Waals surface area contributed by atoms with Crippen LogP contribution in [0.3, 0.4) is 0 Å². The summed E-state index contributed by atoms with van der Waals surface area (Å²) in [5, 5.41) is 12.7. The van der Waals surface area contributed by atoms with Crippen LogP contribution in [0, 0.1) is 0 Å². The maximum absolute atomic E-state index is 11.8. The number of hydrogen-bond donors (Lipinski definition) is 2. The molecule has 0 radical (unpaired) electrons. The average molecular weight is 323 g/mol. The smallest absolute Gasteiger partial charge is 0.244 e. The summed E-state index contributed by atoms with van der Waals surface area (Å²) in [7, 11) is 0. The van der Waals surface area contributed by atoms with Gasteiger partial charge in [0.25, 0.3) is 0 Å². The van der Waals surface area contributed by atoms with Crippen LogP contribution in [0.4, 0.5) is 0 Å². The first-order chi connectivity index (χ1) is 11.7. The van der Waals surface area contributed by atoms with E-state index < -0.39 is 6.10 Å². The van der Waals surface area contributed by atoms with Crippen molar-refractivity contribution < 1.29 is 18.7 Å². The molecule has 24 heavy (non-hydrogen) atoms. The quantitative estimate of drug-likeness (QED) is 0.682. The minimum absolute atomic E-state index is 0.0586. The van der Waals surface area contributed by atoms with Gasteiger partial charge in [0.2, 0.25) is 5.91 Å². The molecule has 3 rings (SSSR count). The molecule has 0 aliphatic rings. The number of aliphatic hydroxyl groups excluding tert-OH is 1. The van der Waals surface area contributed by atoms with Crippen LogP contribution in [-0.2, 0) is 4.79 Å². The monoisotopic (exact) mass is 323 g/mol. The SMILES string of the molecule is O=C(C=Cc1ccccc1)NCC(O)c1ccc(-c2ccco2)o1. The maximum Gasteiger partial charge on any atom is 0.244 e. The summed E-state index contributed by atoms with van der Waals surface area (Å²) in [4.78, 5) is 11.8. The molecule has 0 fully saturated rings. The lowest BCUT2D eigenvalue weighted by Crippen LogP contribution is -2.26. The van der Waals surface area contributed by atoms with Crippen molar-refractivity contribution in [2.75, 3.05) is 6.54 Å². The first kappa shape index (κ1) is 15.8. The van der Waals surface area contributed by atoms with Crippen LogP contribution in [0.15, 0.2) is 75.8 Å². The van der Waals surface area contributed by atoms with Crippen LogP contribution in [0.25, 0.3) is 17.6 Å². The van der Waals surface area contributed by atoms with Gasteiger partial charge in [-0.15, -0.1) is 0 Å². The van der Waals surface area contributed by atoms with Crippen LogP contribution in [0.5, 0.6) is 0 Å². The zero-order valence-corrected chi connectivity index (χ0v) is 12.9. The molecule has 122 valence electrons. The van der Waals surface area contributed by atoms with Crippen LogP contribution >= 0.6 is 0 Å². The van der Waals surface area contributed by atoms with Gasteiger partial charge in [-0.2, -0.15) is 0 Å². The molecule has 3 aromatic rings. The molecule has 5 nitrogen and oxygen atoms in total. The fraction of sp³-hybridized carbons (Fsp3) is 0.105. The van der Waals surface area contributed by atoms with Gasteiger partial charge in [-0.1, -0.05) is 30.3 Å². The van der Waals surface area contributed by atoms with Crippen LogP contribution < -0.4 is 5.32 Å². The molecule has 2 heterocycles. The van der Waals surface area contributed by atoms with Crippen molar-refractivity contribution in [3.63, 3.8) is 0 Å². The van der Waals surface area contributed by atoms with E-state index in [2.05, 4.69) is 5.32 Å². The van der Waals surface area contributed by atoms with E-state index in [9.17, 15) is 9.90 Å². The molecule has 0 saturated heterocycles. The second-order valence-corrected chi connectivity index (χ2v) is 5.18. The summed E-state index contributed by atoms with van der Waals surface area (Å²) in [5.74, 6) is 1.21. The number of furan rings is 2. The van der Waals surface area contributed by atoms with Crippen molar-refractivity contribution in [3.8, 4) is 11.5 Å². The molecular weight excluding hydrogens is 306 g/mol. The van der Waals surface area contributed by atoms with Gasteiger partial charge in [-0.25, -0.2) is 0 Å². The Bertz CT molecular complexity index is 803. The van der Waals surface area contributed by atoms with E-state index in [-0.39, 0.29) is 12.5 Å². The van der Waals surface area contributed by atoms with Gasteiger partial charge in [-0.05, 0) is 35.9 Å². The number of carbonyl (C=O) groups excluding carboxylic acids is 1. The van der Waals surface area contributed by atoms with Crippen molar-refractivity contribution in [3.05, 3.63) is 78.3 Å². The number of aliphatic hydroxyl groups is 1. The Morgan fingerprint density at radius 2 is 1.92 bits per heavy atom. The second kappa shape index (κ2) is 7.48. The Morgan fingerprint density at radius 1 is 1.08 bits per heavy atom. The Morgan fingerprint density at radius 3 is 2.67 bits per heavy atom. The highest BCUT2D eigenvalue weighted by Crippen LogP contribution is 2.25. The van der Waals surface area contributed by atoms with Gasteiger partial charge in [0.15, 0.2) is 11.5 Å². The summed E-state index contributed by atoms with van der Waals surface area (Å²) >= 11 is 0. The van der Waals surface area contributed by atoms with E-state index in [0.717, 1.165) is 5.56 Å². The van der Waals surface area contributed by atoms with E-state index in [0.29, 0.717) is 17.3 Å². The third-order valence-electron chi connectivity index (χ3n) is 3.42. The number of carbonyl (C=O) groups is 1. The van der Waals surface area contributed by atoms with Crippen molar-refractivity contribution >= 4 is 12.0 Å². The lowest BCUT2D eigenvalue weighted by atomic mass is 10.2. The Hall–Kier alpha value is -3.05. The highest BCUT2D eigenvalue weighted by Gasteiger charge is 2.14. The molecule has 2 aromatic heterocycles.